The van der Waals surface area contributed by atoms with Crippen molar-refractivity contribution in [1.29, 1.82) is 0 Å². The number of sulfonamides is 1. The fraction of sp³-hybridized carbons (Fsp3) is 0.130. The highest BCUT2D eigenvalue weighted by molar-refractivity contribution is 7.92. The number of hydrogen-bond acceptors (Lipinski definition) is 7. The van der Waals surface area contributed by atoms with E-state index in [0.29, 0.717) is 16.9 Å². The van der Waals surface area contributed by atoms with Crippen molar-refractivity contribution in [3.63, 3.8) is 0 Å². The van der Waals surface area contributed by atoms with Gasteiger partial charge in [0.05, 0.1) is 29.3 Å². The number of aromatic amines is 1. The van der Waals surface area contributed by atoms with Crippen LogP contribution in [0.3, 0.4) is 0 Å². The molecule has 0 unspecified atom stereocenters. The molecule has 0 aliphatic rings. The number of anilines is 2. The molecular weight excluding hydrogens is 476 g/mol. The van der Waals surface area contributed by atoms with E-state index in [9.17, 15) is 12.8 Å². The smallest absolute Gasteiger partial charge is 0.232 e. The van der Waals surface area contributed by atoms with Crippen LogP contribution in [0.4, 0.5) is 20.3 Å². The molecular formula is C23H19F2N7O2S. The van der Waals surface area contributed by atoms with E-state index in [4.69, 9.17) is 5.73 Å². The molecule has 35 heavy (non-hydrogen) atoms. The van der Waals surface area contributed by atoms with Crippen molar-refractivity contribution in [3.8, 4) is 22.6 Å². The first-order chi connectivity index (χ1) is 16.8. The minimum Gasteiger partial charge on any atom is -0.382 e. The summed E-state index contributed by atoms with van der Waals surface area (Å²) in [6, 6.07) is 11.2. The predicted molar refractivity (Wildman–Crippen MR) is 130 cm³/mol. The lowest BCUT2D eigenvalue weighted by molar-refractivity contribution is 0.484. The molecule has 0 saturated heterocycles. The summed E-state index contributed by atoms with van der Waals surface area (Å²) in [7, 11) is -3.90. The molecule has 5 rings (SSSR count). The molecule has 0 aliphatic heterocycles. The van der Waals surface area contributed by atoms with Crippen LogP contribution in [-0.2, 0) is 10.0 Å². The van der Waals surface area contributed by atoms with Crippen molar-refractivity contribution in [3.05, 3.63) is 60.7 Å². The van der Waals surface area contributed by atoms with Crippen molar-refractivity contribution in [2.75, 3.05) is 22.9 Å². The molecule has 4 N–H and O–H groups in total. The van der Waals surface area contributed by atoms with Gasteiger partial charge in [-0.1, -0.05) is 6.07 Å². The van der Waals surface area contributed by atoms with Gasteiger partial charge in [-0.2, -0.15) is 0 Å². The number of rotatable bonds is 7. The minimum absolute atomic E-state index is 0.0585. The van der Waals surface area contributed by atoms with Crippen molar-refractivity contribution >= 4 is 43.6 Å². The quantitative estimate of drug-likeness (QED) is 0.309. The van der Waals surface area contributed by atoms with E-state index >= 15 is 4.39 Å². The van der Waals surface area contributed by atoms with Gasteiger partial charge >= 0.3 is 0 Å². The SMILES string of the molecule is Nc1nc(-c2cnc3[nH]ccc3c2)nc2ccc(-c3cccc(NS(=O)(=O)CCCF)c3F)nc12. The molecule has 5 aromatic rings. The normalized spacial score (nSPS) is 11.8. The van der Waals surface area contributed by atoms with Crippen LogP contribution in [0.2, 0.25) is 0 Å². The molecule has 0 amide bonds. The number of hydrogen-bond donors (Lipinski definition) is 3. The van der Waals surface area contributed by atoms with Crippen LogP contribution in [0, 0.1) is 5.82 Å². The van der Waals surface area contributed by atoms with Gasteiger partial charge in [0.1, 0.15) is 11.2 Å². The predicted octanol–water partition coefficient (Wildman–Crippen LogP) is 4.06. The van der Waals surface area contributed by atoms with Crippen molar-refractivity contribution in [1.82, 2.24) is 24.9 Å². The summed E-state index contributed by atoms with van der Waals surface area (Å²) in [6.45, 7) is -0.785. The van der Waals surface area contributed by atoms with Gasteiger partial charge in [-0.15, -0.1) is 0 Å². The minimum atomic E-state index is -3.90. The second-order valence-corrected chi connectivity index (χ2v) is 9.61. The largest absolute Gasteiger partial charge is 0.382 e. The molecule has 0 radical (unpaired) electrons. The molecule has 4 aromatic heterocycles. The third kappa shape index (κ3) is 4.47. The Labute approximate surface area is 198 Å². The Morgan fingerprint density at radius 2 is 1.94 bits per heavy atom. The molecule has 0 spiro atoms. The van der Waals surface area contributed by atoms with Crippen LogP contribution in [0.25, 0.3) is 44.7 Å². The maximum Gasteiger partial charge on any atom is 0.232 e. The summed E-state index contributed by atoms with van der Waals surface area (Å²) in [5.74, 6) is -0.796. The zero-order chi connectivity index (χ0) is 24.6. The Morgan fingerprint density at radius 1 is 1.09 bits per heavy atom. The van der Waals surface area contributed by atoms with Crippen LogP contribution in [0.15, 0.2) is 54.9 Å². The highest BCUT2D eigenvalue weighted by atomic mass is 32.2. The molecule has 0 aliphatic carbocycles. The molecule has 0 bridgehead atoms. The molecule has 0 saturated carbocycles. The Kier molecular flexibility index (Phi) is 5.73. The molecule has 178 valence electrons. The van der Waals surface area contributed by atoms with Gasteiger partial charge in [0.25, 0.3) is 0 Å². The standard InChI is InChI=1S/C23H19F2N7O2S/c24-8-2-10-35(33,34)32-17-4-1-3-15(19(17)25)16-5-6-18-20(29-16)21(26)31-23(30-18)14-11-13-7-9-27-22(13)28-12-14/h1,3-7,9,11-12,32H,2,8,10H2,(H,27,28)(H2,26,30,31). The van der Waals surface area contributed by atoms with E-state index in [1.54, 1.807) is 24.5 Å². The van der Waals surface area contributed by atoms with Gasteiger partial charge in [0, 0.05) is 28.9 Å². The summed E-state index contributed by atoms with van der Waals surface area (Å²) < 4.78 is 53.9. The second kappa shape index (κ2) is 8.87. The Balaban J connectivity index is 1.51. The summed E-state index contributed by atoms with van der Waals surface area (Å²) >= 11 is 0. The lowest BCUT2D eigenvalue weighted by atomic mass is 10.1. The van der Waals surface area contributed by atoms with Crippen LogP contribution < -0.4 is 10.5 Å². The monoisotopic (exact) mass is 495 g/mol. The van der Waals surface area contributed by atoms with Gasteiger partial charge in [-0.05, 0) is 42.8 Å². The van der Waals surface area contributed by atoms with E-state index in [-0.39, 0.29) is 34.7 Å². The maximum absolute atomic E-state index is 15.2. The van der Waals surface area contributed by atoms with Gasteiger partial charge in [0.2, 0.25) is 10.0 Å². The number of H-pyrrole nitrogens is 1. The number of aromatic nitrogens is 5. The molecule has 4 heterocycles. The van der Waals surface area contributed by atoms with Crippen molar-refractivity contribution < 1.29 is 17.2 Å². The number of fused-ring (bicyclic) bond motifs is 2. The van der Waals surface area contributed by atoms with E-state index in [1.807, 2.05) is 12.1 Å². The average Bonchev–Trinajstić information content (AvgIpc) is 3.32. The van der Waals surface area contributed by atoms with Gasteiger partial charge < -0.3 is 10.7 Å². The molecule has 0 atom stereocenters. The molecule has 9 nitrogen and oxygen atoms in total. The number of alkyl halides is 1. The van der Waals surface area contributed by atoms with E-state index < -0.39 is 28.3 Å². The third-order valence-corrected chi connectivity index (χ3v) is 6.67. The number of nitrogens with two attached hydrogens (primary N) is 1. The summed E-state index contributed by atoms with van der Waals surface area (Å²) in [5, 5.41) is 0.897. The molecule has 0 fully saturated rings. The highest BCUT2D eigenvalue weighted by Crippen LogP contribution is 2.30. The van der Waals surface area contributed by atoms with Gasteiger partial charge in [-0.3, -0.25) is 9.11 Å². The number of pyridine rings is 2. The van der Waals surface area contributed by atoms with Crippen LogP contribution in [0.5, 0.6) is 0 Å². The average molecular weight is 496 g/mol. The summed E-state index contributed by atoms with van der Waals surface area (Å²) in [5.41, 5.74) is 8.34. The Bertz CT molecular complexity index is 1670. The maximum atomic E-state index is 15.2. The fourth-order valence-electron chi connectivity index (χ4n) is 3.65. The number of benzene rings is 1. The van der Waals surface area contributed by atoms with E-state index in [0.717, 1.165) is 11.0 Å². The lowest BCUT2D eigenvalue weighted by Crippen LogP contribution is -2.18. The number of nitrogens with one attached hydrogen (secondary N) is 2. The first kappa shape index (κ1) is 22.6. The van der Waals surface area contributed by atoms with E-state index in [2.05, 4.69) is 29.6 Å². The topological polar surface area (TPSA) is 140 Å². The van der Waals surface area contributed by atoms with E-state index in [1.165, 1.54) is 18.2 Å². The third-order valence-electron chi connectivity index (χ3n) is 5.31. The van der Waals surface area contributed by atoms with Crippen LogP contribution in [-0.4, -0.2) is 45.8 Å². The summed E-state index contributed by atoms with van der Waals surface area (Å²) in [4.78, 5) is 20.7. The van der Waals surface area contributed by atoms with Gasteiger partial charge in [0.15, 0.2) is 17.5 Å². The molecule has 1 aromatic carbocycles. The second-order valence-electron chi connectivity index (χ2n) is 7.77. The fourth-order valence-corrected chi connectivity index (χ4v) is 4.73. The van der Waals surface area contributed by atoms with Crippen LogP contribution in [0.1, 0.15) is 6.42 Å². The van der Waals surface area contributed by atoms with Gasteiger partial charge in [-0.25, -0.2) is 32.7 Å². The Hall–Kier alpha value is -4.19. The zero-order valence-corrected chi connectivity index (χ0v) is 19.0. The summed E-state index contributed by atoms with van der Waals surface area (Å²) in [6.07, 6.45) is 3.24. The Morgan fingerprint density at radius 3 is 2.77 bits per heavy atom. The van der Waals surface area contributed by atoms with Crippen molar-refractivity contribution in [2.24, 2.45) is 0 Å². The highest BCUT2D eigenvalue weighted by Gasteiger charge is 2.18. The number of nitrogen functional groups attached to an aromatic ring is 1. The lowest BCUT2D eigenvalue weighted by Gasteiger charge is -2.12. The number of halogens is 2. The first-order valence-electron chi connectivity index (χ1n) is 10.6. The van der Waals surface area contributed by atoms with Crippen LogP contribution >= 0.6 is 0 Å². The zero-order valence-electron chi connectivity index (χ0n) is 18.2. The first-order valence-corrected chi connectivity index (χ1v) is 12.2. The van der Waals surface area contributed by atoms with Crippen molar-refractivity contribution in [2.45, 2.75) is 6.42 Å². The molecule has 12 heteroatoms. The number of nitrogens with zero attached hydrogens (tertiary/aromatic N) is 4.